The predicted molar refractivity (Wildman–Crippen MR) is 99.6 cm³/mol. The van der Waals surface area contributed by atoms with Crippen molar-refractivity contribution in [1.29, 1.82) is 0 Å². The van der Waals surface area contributed by atoms with Crippen molar-refractivity contribution in [2.24, 2.45) is 0 Å². The van der Waals surface area contributed by atoms with Gasteiger partial charge < -0.3 is 0 Å². The van der Waals surface area contributed by atoms with Crippen molar-refractivity contribution in [2.75, 3.05) is 5.32 Å². The molecule has 0 saturated carbocycles. The molecule has 0 aliphatic rings. The fourth-order valence-corrected chi connectivity index (χ4v) is 2.86. The summed E-state index contributed by atoms with van der Waals surface area (Å²) in [6, 6.07) is 7.01. The Morgan fingerprint density at radius 1 is 1.00 bits per heavy atom. The fourth-order valence-electron chi connectivity index (χ4n) is 1.79. The highest BCUT2D eigenvalue weighted by atomic mass is 35.6. The first-order valence-electron chi connectivity index (χ1n) is 6.59. The summed E-state index contributed by atoms with van der Waals surface area (Å²) in [6.45, 7) is 1.89. The number of hydrogen-bond donors (Lipinski definition) is 1. The first-order valence-corrected chi connectivity index (χ1v) is 8.99. The van der Waals surface area contributed by atoms with Crippen molar-refractivity contribution >= 4 is 68.8 Å². The highest BCUT2D eigenvalue weighted by Gasteiger charge is 2.28. The first-order chi connectivity index (χ1) is 11.3. The minimum Gasteiger partial charge on any atom is -0.300 e. The number of nitrogens with zero attached hydrogens (tertiary/aromatic N) is 4. The highest BCUT2D eigenvalue weighted by Crippen LogP contribution is 2.37. The number of aryl methyl sites for hydroxylation is 1. The zero-order valence-electron chi connectivity index (χ0n) is 12.1. The Balaban J connectivity index is 2.04. The zero-order chi connectivity index (χ0) is 17.3. The van der Waals surface area contributed by atoms with Gasteiger partial charge in [-0.25, -0.2) is 9.97 Å². The summed E-state index contributed by atoms with van der Waals surface area (Å²) < 4.78 is -1.78. The summed E-state index contributed by atoms with van der Waals surface area (Å²) in [4.78, 5) is 17.1. The second-order valence-electron chi connectivity index (χ2n) is 4.73. The number of halogens is 4. The van der Waals surface area contributed by atoms with Crippen LogP contribution in [0.15, 0.2) is 29.6 Å². The fraction of sp³-hybridized carbons (Fsp3) is 0.143. The lowest BCUT2D eigenvalue weighted by atomic mass is 10.2. The Hall–Kier alpha value is -1.18. The van der Waals surface area contributed by atoms with Gasteiger partial charge in [0.15, 0.2) is 16.8 Å². The molecule has 0 unspecified atom stereocenters. The molecule has 3 rings (SSSR count). The van der Waals surface area contributed by atoms with Gasteiger partial charge in [0.1, 0.15) is 0 Å². The number of thiazole rings is 1. The van der Waals surface area contributed by atoms with E-state index in [0.717, 1.165) is 11.3 Å². The van der Waals surface area contributed by atoms with Crippen molar-refractivity contribution < 1.29 is 0 Å². The summed E-state index contributed by atoms with van der Waals surface area (Å²) >= 11 is 25.1. The van der Waals surface area contributed by atoms with E-state index in [1.165, 1.54) is 11.3 Å². The van der Waals surface area contributed by atoms with Crippen LogP contribution in [-0.4, -0.2) is 19.9 Å². The quantitative estimate of drug-likeness (QED) is 0.564. The Morgan fingerprint density at radius 3 is 2.29 bits per heavy atom. The van der Waals surface area contributed by atoms with Gasteiger partial charge in [0.2, 0.25) is 9.74 Å². The minimum atomic E-state index is -1.78. The van der Waals surface area contributed by atoms with Gasteiger partial charge in [-0.15, -0.1) is 11.3 Å². The summed E-state index contributed by atoms with van der Waals surface area (Å²) in [6.07, 6.45) is 0. The lowest BCUT2D eigenvalue weighted by molar-refractivity contribution is 0.931. The van der Waals surface area contributed by atoms with Crippen LogP contribution in [0.3, 0.4) is 0 Å². The van der Waals surface area contributed by atoms with Gasteiger partial charge in [-0.05, 0) is 31.2 Å². The Morgan fingerprint density at radius 2 is 1.71 bits per heavy atom. The maximum absolute atomic E-state index is 5.94. The smallest absolute Gasteiger partial charge is 0.250 e. The molecule has 0 radical (unpaired) electrons. The molecule has 0 saturated heterocycles. The van der Waals surface area contributed by atoms with Gasteiger partial charge in [0.05, 0.1) is 5.69 Å². The van der Waals surface area contributed by atoms with Crippen molar-refractivity contribution in [1.82, 2.24) is 19.9 Å². The zero-order valence-corrected chi connectivity index (χ0v) is 15.9. The van der Waals surface area contributed by atoms with E-state index in [0.29, 0.717) is 16.0 Å². The van der Waals surface area contributed by atoms with Crippen LogP contribution >= 0.6 is 57.7 Å². The van der Waals surface area contributed by atoms with Crippen LogP contribution in [0.1, 0.15) is 11.5 Å². The molecule has 24 heavy (non-hydrogen) atoms. The normalized spacial score (nSPS) is 11.5. The van der Waals surface area contributed by atoms with E-state index < -0.39 is 3.79 Å². The van der Waals surface area contributed by atoms with E-state index in [2.05, 4.69) is 25.3 Å². The summed E-state index contributed by atoms with van der Waals surface area (Å²) in [7, 11) is 0. The summed E-state index contributed by atoms with van der Waals surface area (Å²) in [5.74, 6) is 0.618. The van der Waals surface area contributed by atoms with Crippen LogP contribution in [0.5, 0.6) is 0 Å². The van der Waals surface area contributed by atoms with Crippen molar-refractivity contribution in [3.05, 3.63) is 46.2 Å². The highest BCUT2D eigenvalue weighted by molar-refractivity contribution is 7.13. The molecule has 2 heterocycles. The number of alkyl halides is 3. The number of nitrogens with one attached hydrogen (secondary N) is 1. The van der Waals surface area contributed by atoms with E-state index in [4.69, 9.17) is 46.4 Å². The number of benzene rings is 1. The van der Waals surface area contributed by atoms with Gasteiger partial charge in [-0.3, -0.25) is 5.32 Å². The number of hydrogen-bond acceptors (Lipinski definition) is 6. The maximum Gasteiger partial charge on any atom is 0.250 e. The molecule has 2 aromatic heterocycles. The number of anilines is 2. The van der Waals surface area contributed by atoms with Crippen LogP contribution in [-0.2, 0) is 3.79 Å². The van der Waals surface area contributed by atoms with Crippen LogP contribution < -0.4 is 5.32 Å². The van der Waals surface area contributed by atoms with Gasteiger partial charge in [-0.1, -0.05) is 46.4 Å². The third-order valence-corrected chi connectivity index (χ3v) is 4.46. The SMILES string of the molecule is Cc1csc(Nc2nc(-c3ccc(Cl)cc3)nc(C(Cl)(Cl)Cl)n2)n1. The molecule has 1 N–H and O–H groups in total. The van der Waals surface area contributed by atoms with E-state index in [9.17, 15) is 0 Å². The molecule has 10 heteroatoms. The minimum absolute atomic E-state index is 0.0169. The Kier molecular flexibility index (Phi) is 5.13. The van der Waals surface area contributed by atoms with E-state index in [1.807, 2.05) is 12.3 Å². The topological polar surface area (TPSA) is 63.6 Å². The second kappa shape index (κ2) is 6.98. The molecular formula is C14H9Cl4N5S. The average Bonchev–Trinajstić information content (AvgIpc) is 2.92. The van der Waals surface area contributed by atoms with Gasteiger partial charge in [-0.2, -0.15) is 9.97 Å². The molecular weight excluding hydrogens is 412 g/mol. The van der Waals surface area contributed by atoms with Crippen molar-refractivity contribution in [3.8, 4) is 11.4 Å². The maximum atomic E-state index is 5.94. The number of rotatable bonds is 3. The second-order valence-corrected chi connectivity index (χ2v) is 8.31. The van der Waals surface area contributed by atoms with Crippen molar-refractivity contribution in [2.45, 2.75) is 10.7 Å². The largest absolute Gasteiger partial charge is 0.300 e. The Bertz CT molecular complexity index is 860. The van der Waals surface area contributed by atoms with E-state index >= 15 is 0 Å². The molecule has 0 aliphatic carbocycles. The molecule has 124 valence electrons. The van der Waals surface area contributed by atoms with E-state index in [1.54, 1.807) is 24.3 Å². The molecule has 0 bridgehead atoms. The van der Waals surface area contributed by atoms with Crippen LogP contribution in [0, 0.1) is 6.92 Å². The molecule has 1 aromatic carbocycles. The van der Waals surface area contributed by atoms with Gasteiger partial charge in [0, 0.05) is 16.0 Å². The molecule has 0 fully saturated rings. The molecule has 0 atom stereocenters. The van der Waals surface area contributed by atoms with Gasteiger partial charge >= 0.3 is 0 Å². The predicted octanol–water partition coefficient (Wildman–Crippen LogP) is 5.53. The standard InChI is InChI=1S/C14H9Cl4N5S/c1-7-6-24-13(19-7)23-12-21-10(8-2-4-9(15)5-3-8)20-11(22-12)14(16,17)18/h2-6H,1H3,(H,19,20,21,22,23). The summed E-state index contributed by atoms with van der Waals surface area (Å²) in [5, 5.41) is 6.14. The van der Waals surface area contributed by atoms with Crippen LogP contribution in [0.25, 0.3) is 11.4 Å². The Labute approximate surface area is 162 Å². The molecule has 0 spiro atoms. The first kappa shape index (κ1) is 17.6. The monoisotopic (exact) mass is 419 g/mol. The summed E-state index contributed by atoms with van der Waals surface area (Å²) in [5.41, 5.74) is 1.60. The third-order valence-electron chi connectivity index (χ3n) is 2.83. The molecule has 3 aromatic rings. The molecule has 0 aliphatic heterocycles. The van der Waals surface area contributed by atoms with Crippen LogP contribution in [0.2, 0.25) is 5.02 Å². The lowest BCUT2D eigenvalue weighted by Crippen LogP contribution is -2.12. The van der Waals surface area contributed by atoms with E-state index in [-0.39, 0.29) is 11.8 Å². The van der Waals surface area contributed by atoms with Crippen LogP contribution in [0.4, 0.5) is 11.1 Å². The van der Waals surface area contributed by atoms with Gasteiger partial charge in [0.25, 0.3) is 0 Å². The van der Waals surface area contributed by atoms with Crippen molar-refractivity contribution in [3.63, 3.8) is 0 Å². The number of aromatic nitrogens is 4. The third kappa shape index (κ3) is 4.26. The average molecular weight is 421 g/mol. The lowest BCUT2D eigenvalue weighted by Gasteiger charge is -2.12. The molecule has 0 amide bonds. The molecule has 5 nitrogen and oxygen atoms in total.